The molecule has 154 valence electrons. The fourth-order valence-corrected chi connectivity index (χ4v) is 3.66. The molecule has 3 rings (SSSR count). The van der Waals surface area contributed by atoms with Crippen LogP contribution in [0.2, 0.25) is 0 Å². The van der Waals surface area contributed by atoms with Gasteiger partial charge >= 0.3 is 6.09 Å². The Bertz CT molecular complexity index is 701. The lowest BCUT2D eigenvalue weighted by Crippen LogP contribution is -2.50. The van der Waals surface area contributed by atoms with Gasteiger partial charge in [0.25, 0.3) is 0 Å². The number of likely N-dealkylation sites (tertiary alicyclic amines) is 1. The first-order valence-electron chi connectivity index (χ1n) is 9.87. The monoisotopic (exact) mass is 392 g/mol. The van der Waals surface area contributed by atoms with Gasteiger partial charge in [-0.1, -0.05) is 12.1 Å². The molecule has 1 aromatic rings. The van der Waals surface area contributed by atoms with Gasteiger partial charge in [0.15, 0.2) is 0 Å². The van der Waals surface area contributed by atoms with E-state index in [1.165, 1.54) is 12.1 Å². The zero-order valence-corrected chi connectivity index (χ0v) is 16.8. The maximum absolute atomic E-state index is 13.2. The Hall–Kier alpha value is -2.15. The van der Waals surface area contributed by atoms with E-state index in [1.54, 1.807) is 21.9 Å². The fraction of sp³-hybridized carbons (Fsp3) is 0.619. The van der Waals surface area contributed by atoms with Crippen molar-refractivity contribution in [1.82, 2.24) is 9.80 Å². The van der Waals surface area contributed by atoms with Crippen LogP contribution in [0.4, 0.5) is 9.18 Å². The van der Waals surface area contributed by atoms with Crippen LogP contribution in [-0.2, 0) is 14.3 Å². The van der Waals surface area contributed by atoms with Crippen LogP contribution in [0, 0.1) is 11.7 Å². The van der Waals surface area contributed by atoms with E-state index in [4.69, 9.17) is 9.47 Å². The number of hydrogen-bond donors (Lipinski definition) is 0. The van der Waals surface area contributed by atoms with E-state index in [0.29, 0.717) is 32.8 Å². The summed E-state index contributed by atoms with van der Waals surface area (Å²) in [6, 6.07) is 6.19. The van der Waals surface area contributed by atoms with Crippen molar-refractivity contribution >= 4 is 12.0 Å². The highest BCUT2D eigenvalue weighted by Gasteiger charge is 2.35. The van der Waals surface area contributed by atoms with E-state index in [9.17, 15) is 14.0 Å². The summed E-state index contributed by atoms with van der Waals surface area (Å²) in [4.78, 5) is 28.9. The summed E-state index contributed by atoms with van der Waals surface area (Å²) in [5.74, 6) is -0.478. The Morgan fingerprint density at radius 3 is 2.50 bits per heavy atom. The minimum atomic E-state index is -0.555. The number of rotatable bonds is 2. The van der Waals surface area contributed by atoms with Crippen LogP contribution in [0.1, 0.15) is 45.3 Å². The van der Waals surface area contributed by atoms with E-state index in [2.05, 4.69) is 0 Å². The van der Waals surface area contributed by atoms with Gasteiger partial charge in [-0.3, -0.25) is 4.79 Å². The number of carbonyl (C=O) groups is 2. The lowest BCUT2D eigenvalue weighted by molar-refractivity contribution is -0.145. The topological polar surface area (TPSA) is 59.1 Å². The molecule has 0 saturated carbocycles. The van der Waals surface area contributed by atoms with Gasteiger partial charge in [-0.05, 0) is 51.3 Å². The molecule has 2 aliphatic heterocycles. The molecule has 0 radical (unpaired) electrons. The molecule has 2 atom stereocenters. The molecular formula is C21H29FN2O4. The number of nitrogens with zero attached hydrogens (tertiary/aromatic N) is 2. The number of benzene rings is 1. The van der Waals surface area contributed by atoms with Crippen LogP contribution >= 0.6 is 0 Å². The molecule has 7 heteroatoms. The van der Waals surface area contributed by atoms with Gasteiger partial charge in [0.1, 0.15) is 17.5 Å². The molecule has 28 heavy (non-hydrogen) atoms. The zero-order chi connectivity index (χ0) is 20.3. The molecule has 2 saturated heterocycles. The largest absolute Gasteiger partial charge is 0.444 e. The van der Waals surface area contributed by atoms with Crippen molar-refractivity contribution in [3.63, 3.8) is 0 Å². The molecule has 2 amide bonds. The molecule has 2 unspecified atom stereocenters. The zero-order valence-electron chi connectivity index (χ0n) is 16.8. The standard InChI is InChI=1S/C21H29FN2O4/c1-21(2,3)28-20(26)24-10-4-5-16(13-24)19(25)23-11-12-27-18(14-23)15-6-8-17(22)9-7-15/h6-9,16,18H,4-5,10-14H2,1-3H3. The molecule has 1 aromatic carbocycles. The summed E-state index contributed by atoms with van der Waals surface area (Å²) in [5, 5.41) is 0. The van der Waals surface area contributed by atoms with Gasteiger partial charge in [0.05, 0.1) is 19.1 Å². The Labute approximate surface area is 165 Å². The maximum Gasteiger partial charge on any atom is 0.410 e. The van der Waals surface area contributed by atoms with Crippen LogP contribution < -0.4 is 0 Å². The summed E-state index contributed by atoms with van der Waals surface area (Å²) in [6.07, 6.45) is 0.915. The van der Waals surface area contributed by atoms with E-state index in [0.717, 1.165) is 18.4 Å². The summed E-state index contributed by atoms with van der Waals surface area (Å²) < 4.78 is 24.4. The molecule has 0 aromatic heterocycles. The normalized spacial score (nSPS) is 23.4. The second kappa shape index (κ2) is 8.47. The lowest BCUT2D eigenvalue weighted by atomic mass is 9.96. The molecule has 0 bridgehead atoms. The van der Waals surface area contributed by atoms with Crippen LogP contribution in [0.3, 0.4) is 0 Å². The second-order valence-corrected chi connectivity index (χ2v) is 8.46. The molecule has 6 nitrogen and oxygen atoms in total. The van der Waals surface area contributed by atoms with Crippen molar-refractivity contribution in [2.75, 3.05) is 32.8 Å². The highest BCUT2D eigenvalue weighted by molar-refractivity contribution is 5.80. The average Bonchev–Trinajstić information content (AvgIpc) is 2.67. The molecule has 2 fully saturated rings. The molecule has 0 N–H and O–H groups in total. The predicted octanol–water partition coefficient (Wildman–Crippen LogP) is 3.37. The van der Waals surface area contributed by atoms with Crippen molar-refractivity contribution in [3.05, 3.63) is 35.6 Å². The van der Waals surface area contributed by atoms with Crippen molar-refractivity contribution < 1.29 is 23.5 Å². The SMILES string of the molecule is CC(C)(C)OC(=O)N1CCCC(C(=O)N2CCOC(c3ccc(F)cc3)C2)C1. The van der Waals surface area contributed by atoms with Crippen molar-refractivity contribution in [1.29, 1.82) is 0 Å². The Kier molecular flexibility index (Phi) is 6.23. The number of morpholine rings is 1. The second-order valence-electron chi connectivity index (χ2n) is 8.46. The number of piperidine rings is 1. The minimum Gasteiger partial charge on any atom is -0.444 e. The number of ether oxygens (including phenoxy) is 2. The van der Waals surface area contributed by atoms with Crippen molar-refractivity contribution in [2.24, 2.45) is 5.92 Å². The molecule has 2 heterocycles. The summed E-state index contributed by atoms with van der Waals surface area (Å²) in [5.41, 5.74) is 0.304. The molecule has 2 aliphatic rings. The third-order valence-electron chi connectivity index (χ3n) is 5.04. The van der Waals surface area contributed by atoms with E-state index >= 15 is 0 Å². The van der Waals surface area contributed by atoms with Gasteiger partial charge in [-0.2, -0.15) is 0 Å². The summed E-state index contributed by atoms with van der Waals surface area (Å²) in [6.45, 7) is 7.90. The van der Waals surface area contributed by atoms with E-state index < -0.39 is 5.60 Å². The maximum atomic E-state index is 13.2. The highest BCUT2D eigenvalue weighted by Crippen LogP contribution is 2.26. The Balaban J connectivity index is 1.61. The van der Waals surface area contributed by atoms with Gasteiger partial charge in [0.2, 0.25) is 5.91 Å². The van der Waals surface area contributed by atoms with Gasteiger partial charge in [0, 0.05) is 19.6 Å². The lowest BCUT2D eigenvalue weighted by Gasteiger charge is -2.38. The van der Waals surface area contributed by atoms with Crippen molar-refractivity contribution in [3.8, 4) is 0 Å². The number of halogens is 1. The van der Waals surface area contributed by atoms with Gasteiger partial charge in [-0.15, -0.1) is 0 Å². The van der Waals surface area contributed by atoms with Crippen LogP contribution in [0.25, 0.3) is 0 Å². The first-order valence-corrected chi connectivity index (χ1v) is 9.87. The Morgan fingerprint density at radius 1 is 1.11 bits per heavy atom. The molecule has 0 aliphatic carbocycles. The third-order valence-corrected chi connectivity index (χ3v) is 5.04. The predicted molar refractivity (Wildman–Crippen MR) is 102 cm³/mol. The number of carbonyl (C=O) groups excluding carboxylic acids is 2. The number of amides is 2. The number of hydrogen-bond acceptors (Lipinski definition) is 4. The molecule has 0 spiro atoms. The van der Waals surface area contributed by atoms with Gasteiger partial charge < -0.3 is 19.3 Å². The van der Waals surface area contributed by atoms with Gasteiger partial charge in [-0.25, -0.2) is 9.18 Å². The van der Waals surface area contributed by atoms with E-state index in [-0.39, 0.29) is 29.8 Å². The Morgan fingerprint density at radius 2 is 1.82 bits per heavy atom. The summed E-state index contributed by atoms with van der Waals surface area (Å²) in [7, 11) is 0. The van der Waals surface area contributed by atoms with Crippen LogP contribution in [-0.4, -0.2) is 60.2 Å². The summed E-state index contributed by atoms with van der Waals surface area (Å²) >= 11 is 0. The van der Waals surface area contributed by atoms with Crippen LogP contribution in [0.5, 0.6) is 0 Å². The van der Waals surface area contributed by atoms with Crippen molar-refractivity contribution in [2.45, 2.75) is 45.3 Å². The first kappa shape index (κ1) is 20.6. The first-order chi connectivity index (χ1) is 13.2. The quantitative estimate of drug-likeness (QED) is 0.774. The average molecular weight is 392 g/mol. The van der Waals surface area contributed by atoms with Crippen LogP contribution in [0.15, 0.2) is 24.3 Å². The minimum absolute atomic E-state index is 0.0451. The third kappa shape index (κ3) is 5.22. The fourth-order valence-electron chi connectivity index (χ4n) is 3.66. The molecular weight excluding hydrogens is 363 g/mol. The highest BCUT2D eigenvalue weighted by atomic mass is 19.1. The van der Waals surface area contributed by atoms with E-state index in [1.807, 2.05) is 20.8 Å². The smallest absolute Gasteiger partial charge is 0.410 e.